The van der Waals surface area contributed by atoms with Gasteiger partial charge in [-0.1, -0.05) is 0 Å². The number of thiazole rings is 1. The number of nitrogens with one attached hydrogen (secondary N) is 1. The Morgan fingerprint density at radius 2 is 1.95 bits per heavy atom. The van der Waals surface area contributed by atoms with Crippen molar-refractivity contribution >= 4 is 44.4 Å². The Morgan fingerprint density at radius 1 is 1.11 bits per heavy atom. The molecule has 1 amide bonds. The summed E-state index contributed by atoms with van der Waals surface area (Å²) in [5.41, 5.74) is 5.94. The van der Waals surface area contributed by atoms with E-state index in [0.717, 1.165) is 48.7 Å². The molecule has 0 saturated heterocycles. The molecule has 1 aliphatic rings. The van der Waals surface area contributed by atoms with Crippen LogP contribution in [0.1, 0.15) is 17.0 Å². The van der Waals surface area contributed by atoms with Crippen LogP contribution in [0.4, 0.5) is 10.5 Å². The van der Waals surface area contributed by atoms with Gasteiger partial charge in [-0.25, -0.2) is 29.7 Å². The van der Waals surface area contributed by atoms with Gasteiger partial charge in [0, 0.05) is 17.5 Å². The molecule has 0 spiro atoms. The molecule has 186 valence electrons. The van der Waals surface area contributed by atoms with Crippen molar-refractivity contribution in [2.75, 3.05) is 19.0 Å². The lowest BCUT2D eigenvalue weighted by atomic mass is 10.1. The number of hydrogen-bond donors (Lipinski definition) is 1. The summed E-state index contributed by atoms with van der Waals surface area (Å²) in [4.78, 5) is 34.4. The maximum atomic E-state index is 12.2. The third kappa shape index (κ3) is 4.49. The van der Waals surface area contributed by atoms with Gasteiger partial charge < -0.3 is 14.2 Å². The van der Waals surface area contributed by atoms with E-state index in [1.54, 1.807) is 31.6 Å². The number of carbonyl (C=O) groups is 1. The highest BCUT2D eigenvalue weighted by atomic mass is 32.1. The van der Waals surface area contributed by atoms with Crippen LogP contribution >= 0.6 is 11.3 Å². The topological polar surface area (TPSA) is 121 Å². The Labute approximate surface area is 215 Å². The van der Waals surface area contributed by atoms with Crippen molar-refractivity contribution in [2.45, 2.75) is 26.4 Å². The Balaban J connectivity index is 1.22. The van der Waals surface area contributed by atoms with Crippen molar-refractivity contribution < 1.29 is 19.0 Å². The molecular formula is C26H22N6O4S. The zero-order valence-electron chi connectivity index (χ0n) is 20.3. The van der Waals surface area contributed by atoms with Crippen LogP contribution in [0.5, 0.6) is 11.6 Å². The number of benzene rings is 2. The molecule has 5 aromatic rings. The Bertz CT molecular complexity index is 1650. The smallest absolute Gasteiger partial charge is 0.411 e. The summed E-state index contributed by atoms with van der Waals surface area (Å²) in [5.74, 6) is 1.87. The maximum absolute atomic E-state index is 12.2. The minimum atomic E-state index is -0.582. The lowest BCUT2D eigenvalue weighted by Gasteiger charge is -2.11. The van der Waals surface area contributed by atoms with Crippen molar-refractivity contribution in [3.05, 3.63) is 59.8 Å². The predicted molar refractivity (Wildman–Crippen MR) is 139 cm³/mol. The third-order valence-electron chi connectivity index (χ3n) is 5.98. The SMILES string of the molecule is COc1cnc2c(-c3nc4ccc5c(c4s3)C[C@H](COC(=O)Nc3cnc(C)nc3)O5)cc(C)cc2n1. The molecule has 0 radical (unpaired) electrons. The summed E-state index contributed by atoms with van der Waals surface area (Å²) in [6.07, 6.45) is 4.42. The number of amides is 1. The fraction of sp³-hybridized carbons (Fsp3) is 0.231. The van der Waals surface area contributed by atoms with E-state index >= 15 is 0 Å². The van der Waals surface area contributed by atoms with Gasteiger partial charge >= 0.3 is 6.09 Å². The first kappa shape index (κ1) is 23.0. The number of aryl methyl sites for hydroxylation is 2. The number of hydrogen-bond acceptors (Lipinski definition) is 10. The average Bonchev–Trinajstić information content (AvgIpc) is 3.52. The molecule has 1 aliphatic heterocycles. The van der Waals surface area contributed by atoms with E-state index in [-0.39, 0.29) is 12.7 Å². The highest BCUT2D eigenvalue weighted by molar-refractivity contribution is 7.22. The number of rotatable bonds is 5. The van der Waals surface area contributed by atoms with Crippen LogP contribution in [-0.4, -0.2) is 50.8 Å². The standard InChI is InChI=1S/C26H22N6O4S/c1-13-6-18(23-20(7-13)31-22(34-3)11-29-23)25-32-19-4-5-21-17(24(19)37-25)8-16(36-21)12-35-26(33)30-15-9-27-14(2)28-10-15/h4-7,9-11,16H,8,12H2,1-3H3,(H,30,33)/t16-/m1/s1. The number of methoxy groups -OCH3 is 1. The van der Waals surface area contributed by atoms with Crippen LogP contribution in [0.3, 0.4) is 0 Å². The number of ether oxygens (including phenoxy) is 3. The Morgan fingerprint density at radius 3 is 2.76 bits per heavy atom. The summed E-state index contributed by atoms with van der Waals surface area (Å²) >= 11 is 1.59. The summed E-state index contributed by atoms with van der Waals surface area (Å²) in [7, 11) is 1.58. The van der Waals surface area contributed by atoms with Crippen molar-refractivity contribution in [1.29, 1.82) is 0 Å². The number of fused-ring (bicyclic) bond motifs is 4. The van der Waals surface area contributed by atoms with E-state index in [9.17, 15) is 4.79 Å². The second-order valence-electron chi connectivity index (χ2n) is 8.69. The first-order valence-corrected chi connectivity index (χ1v) is 12.4. The van der Waals surface area contributed by atoms with Crippen molar-refractivity contribution in [3.8, 4) is 22.2 Å². The molecule has 0 saturated carbocycles. The predicted octanol–water partition coefficient (Wildman–Crippen LogP) is 4.87. The van der Waals surface area contributed by atoms with Crippen LogP contribution in [-0.2, 0) is 11.2 Å². The second-order valence-corrected chi connectivity index (χ2v) is 9.69. The van der Waals surface area contributed by atoms with Crippen molar-refractivity contribution in [1.82, 2.24) is 24.9 Å². The number of nitrogens with zero attached hydrogens (tertiary/aromatic N) is 5. The highest BCUT2D eigenvalue weighted by Gasteiger charge is 2.28. The van der Waals surface area contributed by atoms with Crippen LogP contribution in [0.15, 0.2) is 42.9 Å². The molecular weight excluding hydrogens is 492 g/mol. The van der Waals surface area contributed by atoms with Crippen LogP contribution in [0.25, 0.3) is 31.8 Å². The van der Waals surface area contributed by atoms with Crippen LogP contribution in [0.2, 0.25) is 0 Å². The van der Waals surface area contributed by atoms with E-state index in [2.05, 4.69) is 31.3 Å². The molecule has 0 aliphatic carbocycles. The van der Waals surface area contributed by atoms with E-state index in [1.807, 2.05) is 25.1 Å². The zero-order chi connectivity index (χ0) is 25.5. The molecule has 2 aromatic carbocycles. The number of aromatic nitrogens is 5. The third-order valence-corrected chi connectivity index (χ3v) is 7.14. The fourth-order valence-corrected chi connectivity index (χ4v) is 5.41. The van der Waals surface area contributed by atoms with E-state index in [0.29, 0.717) is 23.8 Å². The molecule has 11 heteroatoms. The monoisotopic (exact) mass is 514 g/mol. The van der Waals surface area contributed by atoms with Crippen molar-refractivity contribution in [3.63, 3.8) is 0 Å². The van der Waals surface area contributed by atoms with E-state index in [1.165, 1.54) is 12.4 Å². The van der Waals surface area contributed by atoms with Gasteiger partial charge in [0.2, 0.25) is 5.88 Å². The quantitative estimate of drug-likeness (QED) is 0.350. The van der Waals surface area contributed by atoms with Crippen LogP contribution in [0, 0.1) is 13.8 Å². The van der Waals surface area contributed by atoms with Gasteiger partial charge in [0.1, 0.15) is 29.3 Å². The fourth-order valence-electron chi connectivity index (χ4n) is 4.28. The van der Waals surface area contributed by atoms with Gasteiger partial charge in [0.05, 0.1) is 52.6 Å². The molecule has 1 N–H and O–H groups in total. The van der Waals surface area contributed by atoms with Crippen LogP contribution < -0.4 is 14.8 Å². The molecule has 0 fully saturated rings. The maximum Gasteiger partial charge on any atom is 0.411 e. The lowest BCUT2D eigenvalue weighted by Crippen LogP contribution is -2.25. The van der Waals surface area contributed by atoms with Gasteiger partial charge in [-0.3, -0.25) is 5.32 Å². The summed E-state index contributed by atoms with van der Waals surface area (Å²) in [5, 5.41) is 3.48. The minimum Gasteiger partial charge on any atom is -0.486 e. The first-order chi connectivity index (χ1) is 18.0. The first-order valence-electron chi connectivity index (χ1n) is 11.6. The molecule has 0 bridgehead atoms. The van der Waals surface area contributed by atoms with Gasteiger partial charge in [-0.15, -0.1) is 11.3 Å². The van der Waals surface area contributed by atoms with E-state index in [4.69, 9.17) is 19.2 Å². The zero-order valence-corrected chi connectivity index (χ0v) is 21.1. The Hall–Kier alpha value is -4.38. The molecule has 3 aromatic heterocycles. The Kier molecular flexibility index (Phi) is 5.76. The molecule has 4 heterocycles. The van der Waals surface area contributed by atoms with Gasteiger partial charge in [-0.05, 0) is 43.7 Å². The summed E-state index contributed by atoms with van der Waals surface area (Å²) < 4.78 is 17.8. The molecule has 0 unspecified atom stereocenters. The largest absolute Gasteiger partial charge is 0.486 e. The van der Waals surface area contributed by atoms with Gasteiger partial charge in [-0.2, -0.15) is 0 Å². The normalized spacial score (nSPS) is 14.4. The summed E-state index contributed by atoms with van der Waals surface area (Å²) in [6.45, 7) is 3.91. The molecule has 6 rings (SSSR count). The molecule has 37 heavy (non-hydrogen) atoms. The molecule has 1 atom stereocenters. The van der Waals surface area contributed by atoms with Gasteiger partial charge in [0.15, 0.2) is 0 Å². The molecule has 10 nitrogen and oxygen atoms in total. The van der Waals surface area contributed by atoms with Crippen molar-refractivity contribution in [2.24, 2.45) is 0 Å². The number of carbonyl (C=O) groups excluding carboxylic acids is 1. The van der Waals surface area contributed by atoms with E-state index < -0.39 is 6.09 Å². The van der Waals surface area contributed by atoms with Gasteiger partial charge in [0.25, 0.3) is 0 Å². The second kappa shape index (κ2) is 9.25. The number of anilines is 1. The lowest BCUT2D eigenvalue weighted by molar-refractivity contribution is 0.102. The summed E-state index contributed by atoms with van der Waals surface area (Å²) in [6, 6.07) is 7.93. The highest BCUT2D eigenvalue weighted by Crippen LogP contribution is 2.41. The average molecular weight is 515 g/mol. The minimum absolute atomic E-state index is 0.111.